The van der Waals surface area contributed by atoms with Crippen LogP contribution in [0.1, 0.15) is 21.7 Å². The van der Waals surface area contributed by atoms with Crippen LogP contribution in [0.25, 0.3) is 0 Å². The molecule has 3 heterocycles. The summed E-state index contributed by atoms with van der Waals surface area (Å²) in [5.74, 6) is 0.983. The summed E-state index contributed by atoms with van der Waals surface area (Å²) in [5, 5.41) is 0. The third-order valence-corrected chi connectivity index (χ3v) is 4.13. The zero-order chi connectivity index (χ0) is 19.0. The first-order valence-electron chi connectivity index (χ1n) is 8.13. The lowest BCUT2D eigenvalue weighted by atomic mass is 10.0. The van der Waals surface area contributed by atoms with Crippen molar-refractivity contribution in [2.24, 2.45) is 0 Å². The molecule has 26 heavy (non-hydrogen) atoms. The number of hydrogen-bond acceptors (Lipinski definition) is 7. The lowest BCUT2D eigenvalue weighted by Gasteiger charge is -2.31. The van der Waals surface area contributed by atoms with E-state index in [9.17, 15) is 14.4 Å². The minimum absolute atomic E-state index is 0.0306. The Morgan fingerprint density at radius 1 is 1.12 bits per heavy atom. The van der Waals surface area contributed by atoms with Gasteiger partial charge >= 0.3 is 5.69 Å². The van der Waals surface area contributed by atoms with E-state index in [0.717, 1.165) is 23.1 Å². The smallest absolute Gasteiger partial charge is 0.326 e. The van der Waals surface area contributed by atoms with Crippen molar-refractivity contribution in [3.63, 3.8) is 0 Å². The molecule has 1 aliphatic rings. The molecule has 0 spiro atoms. The first-order chi connectivity index (χ1) is 12.3. The monoisotopic (exact) mass is 359 g/mol. The number of amides is 1. The summed E-state index contributed by atoms with van der Waals surface area (Å²) < 4.78 is 0. The second-order valence-electron chi connectivity index (χ2n) is 6.54. The second-order valence-corrected chi connectivity index (χ2v) is 6.54. The van der Waals surface area contributed by atoms with E-state index in [1.54, 1.807) is 4.90 Å². The zero-order valence-corrected chi connectivity index (χ0v) is 15.2. The lowest BCUT2D eigenvalue weighted by Crippen LogP contribution is -2.39. The number of carbonyl (C=O) groups is 1. The zero-order valence-electron chi connectivity index (χ0n) is 15.2. The van der Waals surface area contributed by atoms with Crippen molar-refractivity contribution in [1.82, 2.24) is 24.8 Å². The Kier molecular flexibility index (Phi) is 4.49. The van der Waals surface area contributed by atoms with Gasteiger partial charge in [-0.1, -0.05) is 0 Å². The number of fused-ring (bicyclic) bond motifs is 1. The summed E-state index contributed by atoms with van der Waals surface area (Å²) in [7, 11) is 7.54. The van der Waals surface area contributed by atoms with Gasteiger partial charge in [0.05, 0.1) is 12.2 Å². The molecule has 0 aliphatic carbocycles. The molecule has 0 atom stereocenters. The second kappa shape index (κ2) is 6.62. The standard InChI is InChI=1S/C16H21N7O3/c1-21(2)13-9-5-6-23(8-11(9)17-15(20-13)22(3)4)14(25)10-7-12(24)19-16(26)18-10/h7H,5-6,8H2,1-4H3,(H2,18,19,24,26). The Bertz CT molecular complexity index is 933. The number of rotatable bonds is 3. The van der Waals surface area contributed by atoms with Gasteiger partial charge in [-0.2, -0.15) is 4.98 Å². The Hall–Kier alpha value is -3.17. The molecule has 0 unspecified atom stereocenters. The van der Waals surface area contributed by atoms with Gasteiger partial charge in [-0.25, -0.2) is 9.78 Å². The molecule has 3 rings (SSSR count). The van der Waals surface area contributed by atoms with Crippen LogP contribution in [-0.2, 0) is 13.0 Å². The number of anilines is 2. The van der Waals surface area contributed by atoms with Gasteiger partial charge in [0.25, 0.3) is 11.5 Å². The molecular formula is C16H21N7O3. The van der Waals surface area contributed by atoms with Gasteiger partial charge in [0.2, 0.25) is 5.95 Å². The van der Waals surface area contributed by atoms with Crippen LogP contribution < -0.4 is 21.0 Å². The quantitative estimate of drug-likeness (QED) is 0.735. The molecule has 0 saturated carbocycles. The van der Waals surface area contributed by atoms with E-state index in [1.165, 1.54) is 0 Å². The summed E-state index contributed by atoms with van der Waals surface area (Å²) in [4.78, 5) is 54.5. The molecule has 2 aromatic rings. The molecule has 0 radical (unpaired) electrons. The summed E-state index contributed by atoms with van der Waals surface area (Å²) in [5.41, 5.74) is 0.423. The maximum atomic E-state index is 12.7. The number of aromatic nitrogens is 4. The fourth-order valence-corrected chi connectivity index (χ4v) is 2.90. The number of nitrogens with one attached hydrogen (secondary N) is 2. The Balaban J connectivity index is 1.97. The fourth-order valence-electron chi connectivity index (χ4n) is 2.90. The third kappa shape index (κ3) is 3.30. The Morgan fingerprint density at radius 2 is 1.85 bits per heavy atom. The molecular weight excluding hydrogens is 338 g/mol. The van der Waals surface area contributed by atoms with Crippen molar-refractivity contribution in [2.75, 3.05) is 44.5 Å². The molecule has 10 nitrogen and oxygen atoms in total. The maximum Gasteiger partial charge on any atom is 0.326 e. The lowest BCUT2D eigenvalue weighted by molar-refractivity contribution is 0.0725. The van der Waals surface area contributed by atoms with E-state index in [0.29, 0.717) is 18.9 Å². The van der Waals surface area contributed by atoms with Crippen LogP contribution in [-0.4, -0.2) is 65.5 Å². The Labute approximate surface area is 149 Å². The highest BCUT2D eigenvalue weighted by atomic mass is 16.2. The van der Waals surface area contributed by atoms with Gasteiger partial charge < -0.3 is 19.7 Å². The summed E-state index contributed by atoms with van der Waals surface area (Å²) >= 11 is 0. The molecule has 0 aromatic carbocycles. The Morgan fingerprint density at radius 3 is 2.46 bits per heavy atom. The molecule has 0 fully saturated rings. The van der Waals surface area contributed by atoms with Crippen LogP contribution in [0, 0.1) is 0 Å². The fraction of sp³-hybridized carbons (Fsp3) is 0.438. The normalized spacial score (nSPS) is 13.3. The van der Waals surface area contributed by atoms with Gasteiger partial charge in [-0.15, -0.1) is 0 Å². The van der Waals surface area contributed by atoms with Gasteiger partial charge in [-0.05, 0) is 6.42 Å². The summed E-state index contributed by atoms with van der Waals surface area (Å²) in [6, 6.07) is 1.09. The highest BCUT2D eigenvalue weighted by molar-refractivity contribution is 5.92. The SMILES string of the molecule is CN(C)c1nc2c(c(N(C)C)n1)CCN(C(=O)c1cc(=O)[nH]c(=O)[nH]1)C2. The van der Waals surface area contributed by atoms with Crippen molar-refractivity contribution in [3.05, 3.63) is 43.9 Å². The molecule has 1 aliphatic heterocycles. The number of carbonyl (C=O) groups excluding carboxylic acids is 1. The van der Waals surface area contributed by atoms with Crippen LogP contribution in [0.5, 0.6) is 0 Å². The van der Waals surface area contributed by atoms with Crippen LogP contribution in [0.15, 0.2) is 15.7 Å². The number of nitrogens with zero attached hydrogens (tertiary/aromatic N) is 5. The summed E-state index contributed by atoms with van der Waals surface area (Å²) in [6.45, 7) is 0.735. The number of aromatic amines is 2. The van der Waals surface area contributed by atoms with E-state index in [-0.39, 0.29) is 12.2 Å². The van der Waals surface area contributed by atoms with E-state index in [2.05, 4.69) is 19.9 Å². The molecule has 2 N–H and O–H groups in total. The van der Waals surface area contributed by atoms with E-state index in [4.69, 9.17) is 0 Å². The largest absolute Gasteiger partial charge is 0.362 e. The van der Waals surface area contributed by atoms with Crippen molar-refractivity contribution >= 4 is 17.7 Å². The first kappa shape index (κ1) is 17.6. The highest BCUT2D eigenvalue weighted by Crippen LogP contribution is 2.27. The van der Waals surface area contributed by atoms with E-state index < -0.39 is 17.2 Å². The van der Waals surface area contributed by atoms with Gasteiger partial charge in [0.15, 0.2) is 0 Å². The minimum Gasteiger partial charge on any atom is -0.362 e. The summed E-state index contributed by atoms with van der Waals surface area (Å²) in [6.07, 6.45) is 0.593. The molecule has 1 amide bonds. The van der Waals surface area contributed by atoms with Crippen LogP contribution in [0.2, 0.25) is 0 Å². The molecule has 0 bridgehead atoms. The predicted molar refractivity (Wildman–Crippen MR) is 96.8 cm³/mol. The van der Waals surface area contributed by atoms with E-state index >= 15 is 0 Å². The van der Waals surface area contributed by atoms with Crippen molar-refractivity contribution in [3.8, 4) is 0 Å². The van der Waals surface area contributed by atoms with E-state index in [1.807, 2.05) is 38.0 Å². The van der Waals surface area contributed by atoms with Crippen LogP contribution in [0.4, 0.5) is 11.8 Å². The van der Waals surface area contributed by atoms with Gasteiger partial charge in [-0.3, -0.25) is 14.6 Å². The van der Waals surface area contributed by atoms with Gasteiger partial charge in [0.1, 0.15) is 11.5 Å². The number of hydrogen-bond donors (Lipinski definition) is 2. The first-order valence-corrected chi connectivity index (χ1v) is 8.13. The molecule has 138 valence electrons. The van der Waals surface area contributed by atoms with Crippen LogP contribution >= 0.6 is 0 Å². The number of H-pyrrole nitrogens is 2. The average molecular weight is 359 g/mol. The van der Waals surface area contributed by atoms with Gasteiger partial charge in [0, 0.05) is 46.4 Å². The third-order valence-electron chi connectivity index (χ3n) is 4.13. The molecule has 10 heteroatoms. The van der Waals surface area contributed by atoms with Crippen LogP contribution in [0.3, 0.4) is 0 Å². The molecule has 0 saturated heterocycles. The predicted octanol–water partition coefficient (Wildman–Crippen LogP) is -0.816. The topological polar surface area (TPSA) is 118 Å². The highest BCUT2D eigenvalue weighted by Gasteiger charge is 2.27. The van der Waals surface area contributed by atoms with Crippen molar-refractivity contribution in [2.45, 2.75) is 13.0 Å². The molecule has 2 aromatic heterocycles. The van der Waals surface area contributed by atoms with Crippen molar-refractivity contribution < 1.29 is 4.79 Å². The minimum atomic E-state index is -0.703. The maximum absolute atomic E-state index is 12.7. The average Bonchev–Trinajstić information content (AvgIpc) is 2.58. The van der Waals surface area contributed by atoms with Crippen molar-refractivity contribution in [1.29, 1.82) is 0 Å².